The molecule has 0 N–H and O–H groups in total. The van der Waals surface area contributed by atoms with Gasteiger partial charge in [-0.1, -0.05) is 6.92 Å². The van der Waals surface area contributed by atoms with Gasteiger partial charge in [-0.3, -0.25) is 0 Å². The molecule has 0 radical (unpaired) electrons. The molecule has 0 aromatic carbocycles. The van der Waals surface area contributed by atoms with Crippen molar-refractivity contribution in [3.8, 4) is 0 Å². The number of quaternary nitrogens is 2. The van der Waals surface area contributed by atoms with E-state index >= 15 is 0 Å². The average Bonchev–Trinajstić information content (AvgIpc) is 2.35. The van der Waals surface area contributed by atoms with Crippen molar-refractivity contribution in [1.29, 1.82) is 0 Å². The molecular formula is C16H38N2O3+2. The van der Waals surface area contributed by atoms with E-state index in [0.717, 1.165) is 61.4 Å². The second kappa shape index (κ2) is 11.4. The van der Waals surface area contributed by atoms with Gasteiger partial charge in [-0.25, -0.2) is 0 Å². The third-order valence-electron chi connectivity index (χ3n) is 3.31. The van der Waals surface area contributed by atoms with Gasteiger partial charge in [-0.05, 0) is 6.42 Å². The van der Waals surface area contributed by atoms with E-state index in [1.165, 1.54) is 0 Å². The zero-order chi connectivity index (χ0) is 16.2. The maximum absolute atomic E-state index is 5.73. The quantitative estimate of drug-likeness (QED) is 0.357. The molecule has 0 bridgehead atoms. The summed E-state index contributed by atoms with van der Waals surface area (Å²) < 4.78 is 18.6. The Labute approximate surface area is 131 Å². The highest BCUT2D eigenvalue weighted by atomic mass is 16.5. The van der Waals surface area contributed by atoms with Crippen molar-refractivity contribution in [3.63, 3.8) is 0 Å². The van der Waals surface area contributed by atoms with Crippen molar-refractivity contribution in [2.24, 2.45) is 0 Å². The molecule has 0 aliphatic heterocycles. The SMILES string of the molecule is CCCOCCOCC[N+](C)(C)CCOCC[N+](C)(C)C. The highest BCUT2D eigenvalue weighted by Gasteiger charge is 2.15. The second-order valence-electron chi connectivity index (χ2n) is 7.23. The van der Waals surface area contributed by atoms with Crippen LogP contribution >= 0.6 is 0 Å². The van der Waals surface area contributed by atoms with E-state index in [0.29, 0.717) is 13.2 Å². The van der Waals surface area contributed by atoms with Crippen LogP contribution in [0.15, 0.2) is 0 Å². The number of rotatable bonds is 14. The van der Waals surface area contributed by atoms with Crippen LogP contribution in [0.4, 0.5) is 0 Å². The lowest BCUT2D eigenvalue weighted by Crippen LogP contribution is -2.45. The fourth-order valence-corrected chi connectivity index (χ4v) is 1.64. The highest BCUT2D eigenvalue weighted by molar-refractivity contribution is 4.38. The summed E-state index contributed by atoms with van der Waals surface area (Å²) in [4.78, 5) is 0. The Morgan fingerprint density at radius 3 is 1.48 bits per heavy atom. The van der Waals surface area contributed by atoms with Gasteiger partial charge in [0.15, 0.2) is 0 Å². The Hall–Kier alpha value is -0.200. The summed E-state index contributed by atoms with van der Waals surface area (Å²) in [6.07, 6.45) is 1.07. The number of hydrogen-bond acceptors (Lipinski definition) is 3. The van der Waals surface area contributed by atoms with Gasteiger partial charge in [0.1, 0.15) is 19.6 Å². The Morgan fingerprint density at radius 2 is 1.00 bits per heavy atom. The van der Waals surface area contributed by atoms with Crippen molar-refractivity contribution in [1.82, 2.24) is 0 Å². The minimum absolute atomic E-state index is 0.694. The molecular weight excluding hydrogens is 268 g/mol. The predicted octanol–water partition coefficient (Wildman–Crippen LogP) is 1.23. The van der Waals surface area contributed by atoms with E-state index < -0.39 is 0 Å². The molecule has 0 rings (SSSR count). The summed E-state index contributed by atoms with van der Waals surface area (Å²) in [5.41, 5.74) is 0. The molecule has 5 nitrogen and oxygen atoms in total. The summed E-state index contributed by atoms with van der Waals surface area (Å²) >= 11 is 0. The molecule has 0 aliphatic rings. The first-order valence-electron chi connectivity index (χ1n) is 8.12. The van der Waals surface area contributed by atoms with Crippen LogP contribution in [0.5, 0.6) is 0 Å². The van der Waals surface area contributed by atoms with Crippen molar-refractivity contribution in [3.05, 3.63) is 0 Å². The summed E-state index contributed by atoms with van der Waals surface area (Å²) in [5.74, 6) is 0. The van der Waals surface area contributed by atoms with E-state index in [1.807, 2.05) is 0 Å². The molecule has 0 unspecified atom stereocenters. The summed E-state index contributed by atoms with van der Waals surface area (Å²) in [6, 6.07) is 0. The summed E-state index contributed by atoms with van der Waals surface area (Å²) in [6.45, 7) is 9.84. The van der Waals surface area contributed by atoms with Crippen LogP contribution in [0.3, 0.4) is 0 Å². The van der Waals surface area contributed by atoms with Gasteiger partial charge in [0.05, 0.1) is 68.3 Å². The van der Waals surface area contributed by atoms with E-state index in [-0.39, 0.29) is 0 Å². The van der Waals surface area contributed by atoms with Gasteiger partial charge in [0.25, 0.3) is 0 Å². The molecule has 0 atom stereocenters. The molecule has 5 heteroatoms. The van der Waals surface area contributed by atoms with E-state index in [1.54, 1.807) is 0 Å². The smallest absolute Gasteiger partial charge is 0.102 e. The zero-order valence-electron chi connectivity index (χ0n) is 15.2. The van der Waals surface area contributed by atoms with Crippen molar-refractivity contribution >= 4 is 0 Å². The molecule has 128 valence electrons. The molecule has 0 spiro atoms. The lowest BCUT2D eigenvalue weighted by molar-refractivity contribution is -0.891. The third-order valence-corrected chi connectivity index (χ3v) is 3.31. The Kier molecular flexibility index (Phi) is 11.3. The van der Waals surface area contributed by atoms with E-state index in [4.69, 9.17) is 14.2 Å². The average molecular weight is 306 g/mol. The molecule has 0 heterocycles. The van der Waals surface area contributed by atoms with Gasteiger partial charge in [0, 0.05) is 6.61 Å². The van der Waals surface area contributed by atoms with Crippen molar-refractivity contribution < 1.29 is 23.2 Å². The van der Waals surface area contributed by atoms with E-state index in [9.17, 15) is 0 Å². The minimum atomic E-state index is 0.694. The van der Waals surface area contributed by atoms with Gasteiger partial charge < -0.3 is 23.2 Å². The first kappa shape index (κ1) is 20.8. The van der Waals surface area contributed by atoms with Crippen LogP contribution in [0.1, 0.15) is 13.3 Å². The number of likely N-dealkylation sites (N-methyl/N-ethyl adjacent to an activating group) is 2. The minimum Gasteiger partial charge on any atom is -0.379 e. The largest absolute Gasteiger partial charge is 0.379 e. The molecule has 0 fully saturated rings. The van der Waals surface area contributed by atoms with Crippen molar-refractivity contribution in [2.75, 3.05) is 94.5 Å². The molecule has 0 aliphatic carbocycles. The first-order valence-corrected chi connectivity index (χ1v) is 8.12. The number of nitrogens with zero attached hydrogens (tertiary/aromatic N) is 2. The summed E-state index contributed by atoms with van der Waals surface area (Å²) in [5, 5.41) is 0. The normalized spacial score (nSPS) is 12.9. The number of ether oxygens (including phenoxy) is 3. The lowest BCUT2D eigenvalue weighted by atomic mass is 10.4. The monoisotopic (exact) mass is 306 g/mol. The fourth-order valence-electron chi connectivity index (χ4n) is 1.64. The Balaban J connectivity index is 3.47. The molecule has 0 amide bonds. The zero-order valence-corrected chi connectivity index (χ0v) is 15.2. The van der Waals surface area contributed by atoms with Crippen LogP contribution in [0.25, 0.3) is 0 Å². The van der Waals surface area contributed by atoms with Crippen LogP contribution in [-0.2, 0) is 14.2 Å². The van der Waals surface area contributed by atoms with Crippen LogP contribution in [0.2, 0.25) is 0 Å². The Bertz CT molecular complexity index is 240. The van der Waals surface area contributed by atoms with Crippen LogP contribution in [-0.4, -0.2) is 103 Å². The maximum Gasteiger partial charge on any atom is 0.102 e. The van der Waals surface area contributed by atoms with Gasteiger partial charge in [0.2, 0.25) is 0 Å². The molecule has 0 saturated carbocycles. The Morgan fingerprint density at radius 1 is 0.571 bits per heavy atom. The standard InChI is InChI=1S/C16H38N2O3/c1-7-11-19-15-16-21-14-10-18(5,6)9-13-20-12-8-17(2,3)4/h7-16H2,1-6H3/q+2. The topological polar surface area (TPSA) is 27.7 Å². The third kappa shape index (κ3) is 16.0. The van der Waals surface area contributed by atoms with Crippen molar-refractivity contribution in [2.45, 2.75) is 13.3 Å². The lowest BCUT2D eigenvalue weighted by Gasteiger charge is -2.30. The van der Waals surface area contributed by atoms with Crippen LogP contribution < -0.4 is 0 Å². The number of hydrogen-bond donors (Lipinski definition) is 0. The molecule has 0 aromatic heterocycles. The second-order valence-corrected chi connectivity index (χ2v) is 7.23. The first-order chi connectivity index (χ1) is 9.77. The predicted molar refractivity (Wildman–Crippen MR) is 87.5 cm³/mol. The van der Waals surface area contributed by atoms with Crippen LogP contribution in [0, 0.1) is 0 Å². The van der Waals surface area contributed by atoms with E-state index in [2.05, 4.69) is 42.2 Å². The maximum atomic E-state index is 5.73. The van der Waals surface area contributed by atoms with Gasteiger partial charge in [-0.15, -0.1) is 0 Å². The fraction of sp³-hybridized carbons (Fsp3) is 1.00. The molecule has 0 aromatic rings. The van der Waals surface area contributed by atoms with Gasteiger partial charge in [-0.2, -0.15) is 0 Å². The van der Waals surface area contributed by atoms with Gasteiger partial charge >= 0.3 is 0 Å². The highest BCUT2D eigenvalue weighted by Crippen LogP contribution is 1.98. The molecule has 21 heavy (non-hydrogen) atoms. The summed E-state index contributed by atoms with van der Waals surface area (Å²) in [7, 11) is 11.0. The molecule has 0 saturated heterocycles.